The molecule has 0 aliphatic carbocycles. The first-order valence-electron chi connectivity index (χ1n) is 5.86. The molecule has 1 aromatic rings. The largest absolute Gasteiger partial charge is 0.433 e. The number of rotatable bonds is 1. The molecular weight excluding hydrogens is 245 g/mol. The molecule has 2 heterocycles. The van der Waals surface area contributed by atoms with Crippen LogP contribution in [0.5, 0.6) is 0 Å². The maximum Gasteiger partial charge on any atom is 0.433 e. The Balaban J connectivity index is 2.35. The highest BCUT2D eigenvalue weighted by molar-refractivity contribution is 5.45. The summed E-state index contributed by atoms with van der Waals surface area (Å²) < 4.78 is 37.9. The van der Waals surface area contributed by atoms with Gasteiger partial charge in [0, 0.05) is 18.7 Å². The minimum Gasteiger partial charge on any atom is -0.368 e. The van der Waals surface area contributed by atoms with Gasteiger partial charge in [-0.15, -0.1) is 0 Å². The predicted molar refractivity (Wildman–Crippen MR) is 62.1 cm³/mol. The lowest BCUT2D eigenvalue weighted by atomic mass is 10.0. The fourth-order valence-corrected chi connectivity index (χ4v) is 2.18. The van der Waals surface area contributed by atoms with Crippen LogP contribution >= 0.6 is 0 Å². The first-order valence-corrected chi connectivity index (χ1v) is 5.86. The average Bonchev–Trinajstić information content (AvgIpc) is 2.27. The van der Waals surface area contributed by atoms with Crippen LogP contribution in [0.25, 0.3) is 0 Å². The van der Waals surface area contributed by atoms with E-state index in [-0.39, 0.29) is 17.8 Å². The maximum atomic E-state index is 12.6. The summed E-state index contributed by atoms with van der Waals surface area (Å²) in [6.45, 7) is 2.68. The Morgan fingerprint density at radius 1 is 1.33 bits per heavy atom. The summed E-state index contributed by atoms with van der Waals surface area (Å²) in [6, 6.07) is 1.15. The van der Waals surface area contributed by atoms with Gasteiger partial charge in [-0.05, 0) is 26.2 Å². The SMILES string of the molecule is CC1CCCCN1c1cc(C(F)(F)F)nc(N)n1. The van der Waals surface area contributed by atoms with E-state index in [0.29, 0.717) is 6.54 Å². The van der Waals surface area contributed by atoms with Gasteiger partial charge in [-0.2, -0.15) is 18.2 Å². The lowest BCUT2D eigenvalue weighted by molar-refractivity contribution is -0.141. The number of anilines is 2. The Morgan fingerprint density at radius 3 is 2.67 bits per heavy atom. The van der Waals surface area contributed by atoms with E-state index in [1.807, 2.05) is 11.8 Å². The summed E-state index contributed by atoms with van der Waals surface area (Å²) in [4.78, 5) is 9.01. The van der Waals surface area contributed by atoms with E-state index >= 15 is 0 Å². The molecule has 1 aliphatic heterocycles. The zero-order chi connectivity index (χ0) is 13.3. The molecule has 2 rings (SSSR count). The van der Waals surface area contributed by atoms with Gasteiger partial charge in [-0.3, -0.25) is 0 Å². The third-order valence-electron chi connectivity index (χ3n) is 3.12. The van der Waals surface area contributed by atoms with Crippen molar-refractivity contribution in [1.82, 2.24) is 9.97 Å². The molecule has 1 aromatic heterocycles. The normalized spacial score (nSPS) is 21.1. The Bertz CT molecular complexity index is 433. The number of aromatic nitrogens is 2. The number of piperidine rings is 1. The van der Waals surface area contributed by atoms with Crippen LogP contribution in [-0.2, 0) is 6.18 Å². The van der Waals surface area contributed by atoms with Gasteiger partial charge in [0.15, 0.2) is 5.69 Å². The van der Waals surface area contributed by atoms with Crippen LogP contribution in [0, 0.1) is 0 Å². The van der Waals surface area contributed by atoms with Crippen molar-refractivity contribution in [3.05, 3.63) is 11.8 Å². The topological polar surface area (TPSA) is 55.0 Å². The van der Waals surface area contributed by atoms with Gasteiger partial charge in [0.05, 0.1) is 0 Å². The van der Waals surface area contributed by atoms with Gasteiger partial charge in [0.2, 0.25) is 5.95 Å². The summed E-state index contributed by atoms with van der Waals surface area (Å²) in [7, 11) is 0. The van der Waals surface area contributed by atoms with Gasteiger partial charge >= 0.3 is 6.18 Å². The van der Waals surface area contributed by atoms with E-state index in [1.165, 1.54) is 0 Å². The molecule has 0 spiro atoms. The van der Waals surface area contributed by atoms with Crippen molar-refractivity contribution in [2.24, 2.45) is 0 Å². The number of halogens is 3. The third-order valence-corrected chi connectivity index (χ3v) is 3.12. The molecular formula is C11H15F3N4. The van der Waals surface area contributed by atoms with E-state index in [4.69, 9.17) is 5.73 Å². The molecule has 4 nitrogen and oxygen atoms in total. The summed E-state index contributed by atoms with van der Waals surface area (Å²) in [5.74, 6) is -0.0698. The summed E-state index contributed by atoms with van der Waals surface area (Å²) >= 11 is 0. The second-order valence-electron chi connectivity index (χ2n) is 4.51. The smallest absolute Gasteiger partial charge is 0.368 e. The van der Waals surface area contributed by atoms with Crippen LogP contribution in [0.4, 0.5) is 24.9 Å². The first-order chi connectivity index (χ1) is 8.38. The molecule has 7 heteroatoms. The van der Waals surface area contributed by atoms with E-state index < -0.39 is 11.9 Å². The van der Waals surface area contributed by atoms with Crippen molar-refractivity contribution in [2.45, 2.75) is 38.4 Å². The van der Waals surface area contributed by atoms with Crippen molar-refractivity contribution in [3.63, 3.8) is 0 Å². The van der Waals surface area contributed by atoms with Crippen molar-refractivity contribution in [1.29, 1.82) is 0 Å². The maximum absolute atomic E-state index is 12.6. The summed E-state index contributed by atoms with van der Waals surface area (Å²) in [5, 5.41) is 0. The van der Waals surface area contributed by atoms with Gasteiger partial charge < -0.3 is 10.6 Å². The third kappa shape index (κ3) is 2.65. The molecule has 2 N–H and O–H groups in total. The van der Waals surface area contributed by atoms with Gasteiger partial charge in [0.1, 0.15) is 5.82 Å². The van der Waals surface area contributed by atoms with E-state index in [2.05, 4.69) is 9.97 Å². The Morgan fingerprint density at radius 2 is 2.06 bits per heavy atom. The van der Waals surface area contributed by atoms with Crippen LogP contribution < -0.4 is 10.6 Å². The standard InChI is InChI=1S/C11H15F3N4/c1-7-4-2-3-5-18(7)9-6-8(11(12,13)14)16-10(15)17-9/h6-7H,2-5H2,1H3,(H2,15,16,17). The second kappa shape index (κ2) is 4.62. The molecule has 1 atom stereocenters. The predicted octanol–water partition coefficient (Wildman–Crippen LogP) is 2.46. The minimum atomic E-state index is -4.50. The summed E-state index contributed by atoms with van der Waals surface area (Å²) in [5.41, 5.74) is 4.38. The highest BCUT2D eigenvalue weighted by Crippen LogP contribution is 2.31. The molecule has 100 valence electrons. The Kier molecular flexibility index (Phi) is 3.32. The lowest BCUT2D eigenvalue weighted by Gasteiger charge is -2.34. The highest BCUT2D eigenvalue weighted by atomic mass is 19.4. The number of hydrogen-bond acceptors (Lipinski definition) is 4. The van der Waals surface area contributed by atoms with Gasteiger partial charge in [0.25, 0.3) is 0 Å². The number of hydrogen-bond donors (Lipinski definition) is 1. The highest BCUT2D eigenvalue weighted by Gasteiger charge is 2.34. The second-order valence-corrected chi connectivity index (χ2v) is 4.51. The quantitative estimate of drug-likeness (QED) is 0.842. The first kappa shape index (κ1) is 12.9. The van der Waals surface area contributed by atoms with Crippen molar-refractivity contribution < 1.29 is 13.2 Å². The van der Waals surface area contributed by atoms with Crippen LogP contribution in [0.3, 0.4) is 0 Å². The number of nitrogens with two attached hydrogens (primary N) is 1. The molecule has 1 unspecified atom stereocenters. The molecule has 1 fully saturated rings. The van der Waals surface area contributed by atoms with Crippen molar-refractivity contribution >= 4 is 11.8 Å². The molecule has 0 amide bonds. The van der Waals surface area contributed by atoms with Crippen LogP contribution in [-0.4, -0.2) is 22.6 Å². The zero-order valence-corrected chi connectivity index (χ0v) is 10.0. The van der Waals surface area contributed by atoms with Crippen molar-refractivity contribution in [2.75, 3.05) is 17.2 Å². The number of nitrogen functional groups attached to an aromatic ring is 1. The number of alkyl halides is 3. The lowest BCUT2D eigenvalue weighted by Crippen LogP contribution is -2.38. The zero-order valence-electron chi connectivity index (χ0n) is 10.0. The van der Waals surface area contributed by atoms with E-state index in [9.17, 15) is 13.2 Å². The molecule has 18 heavy (non-hydrogen) atoms. The fraction of sp³-hybridized carbons (Fsp3) is 0.636. The number of nitrogens with zero attached hydrogens (tertiary/aromatic N) is 3. The van der Waals surface area contributed by atoms with Crippen LogP contribution in [0.1, 0.15) is 31.9 Å². The van der Waals surface area contributed by atoms with Crippen LogP contribution in [0.15, 0.2) is 6.07 Å². The Hall–Kier alpha value is -1.53. The van der Waals surface area contributed by atoms with Crippen LogP contribution in [0.2, 0.25) is 0 Å². The average molecular weight is 260 g/mol. The van der Waals surface area contributed by atoms with Gasteiger partial charge in [-0.25, -0.2) is 4.98 Å². The molecule has 0 radical (unpaired) electrons. The Labute approximate surface area is 103 Å². The molecule has 0 aromatic carbocycles. The molecule has 1 saturated heterocycles. The fourth-order valence-electron chi connectivity index (χ4n) is 2.18. The van der Waals surface area contributed by atoms with E-state index in [0.717, 1.165) is 25.3 Å². The summed E-state index contributed by atoms with van der Waals surface area (Å²) in [6.07, 6.45) is -1.50. The van der Waals surface area contributed by atoms with Crippen molar-refractivity contribution in [3.8, 4) is 0 Å². The monoisotopic (exact) mass is 260 g/mol. The molecule has 0 bridgehead atoms. The minimum absolute atomic E-state index is 0.175. The van der Waals surface area contributed by atoms with E-state index in [1.54, 1.807) is 0 Å². The molecule has 0 saturated carbocycles. The molecule has 1 aliphatic rings. The van der Waals surface area contributed by atoms with Gasteiger partial charge in [-0.1, -0.05) is 0 Å².